The van der Waals surface area contributed by atoms with Gasteiger partial charge in [0.15, 0.2) is 5.82 Å². The number of hydrogen-bond acceptors (Lipinski definition) is 4. The van der Waals surface area contributed by atoms with E-state index in [1.165, 1.54) is 0 Å². The molecule has 17 heavy (non-hydrogen) atoms. The van der Waals surface area contributed by atoms with Gasteiger partial charge < -0.3 is 4.74 Å². The van der Waals surface area contributed by atoms with E-state index in [1.807, 2.05) is 0 Å². The zero-order valence-electron chi connectivity index (χ0n) is 8.84. The molecule has 0 heterocycles. The number of esters is 1. The zero-order valence-corrected chi connectivity index (χ0v) is 9.59. The van der Waals surface area contributed by atoms with Gasteiger partial charge in [0.05, 0.1) is 12.3 Å². The molecule has 7 heteroatoms. The van der Waals surface area contributed by atoms with Gasteiger partial charge in [0, 0.05) is 6.07 Å². The monoisotopic (exact) mass is 262 g/mol. The summed E-state index contributed by atoms with van der Waals surface area (Å²) in [6, 6.07) is 2.85. The zero-order chi connectivity index (χ0) is 12.8. The van der Waals surface area contributed by atoms with Crippen LogP contribution in [0.3, 0.4) is 0 Å². The highest BCUT2D eigenvalue weighted by atomic mass is 35.5. The lowest BCUT2D eigenvalue weighted by Crippen LogP contribution is -2.13. The number of rotatable bonds is 4. The Kier molecular flexibility index (Phi) is 4.84. The van der Waals surface area contributed by atoms with Gasteiger partial charge >= 0.3 is 5.97 Å². The Hall–Kier alpha value is -1.69. The lowest BCUT2D eigenvalue weighted by Gasteiger charge is -2.03. The van der Waals surface area contributed by atoms with Gasteiger partial charge in [-0.05, 0) is 19.1 Å². The van der Waals surface area contributed by atoms with Crippen LogP contribution in [-0.2, 0) is 9.53 Å². The predicted octanol–water partition coefficient (Wildman–Crippen LogP) is 2.49. The summed E-state index contributed by atoms with van der Waals surface area (Å²) in [7, 11) is 0. The largest absolute Gasteiger partial charge is 0.461 e. The Balaban J connectivity index is 2.72. The molecular formula is C10H9ClF2N2O2. The molecule has 92 valence electrons. The third-order valence-corrected chi connectivity index (χ3v) is 1.89. The van der Waals surface area contributed by atoms with Crippen LogP contribution in [0.25, 0.3) is 0 Å². The molecule has 1 aromatic rings. The van der Waals surface area contributed by atoms with Crippen LogP contribution >= 0.6 is 11.6 Å². The fourth-order valence-electron chi connectivity index (χ4n) is 0.926. The molecule has 0 saturated heterocycles. The summed E-state index contributed by atoms with van der Waals surface area (Å²) in [5, 5.41) is 2.92. The third-order valence-electron chi connectivity index (χ3n) is 1.65. The molecule has 0 saturated carbocycles. The molecule has 0 bridgehead atoms. The number of halogens is 3. The fraction of sp³-hybridized carbons (Fsp3) is 0.200. The Bertz CT molecular complexity index is 452. The Labute approximate surface area is 101 Å². The second-order valence-corrected chi connectivity index (χ2v) is 3.22. The number of nitrogens with zero attached hydrogens (tertiary/aromatic N) is 1. The average Bonchev–Trinajstić information content (AvgIpc) is 2.27. The van der Waals surface area contributed by atoms with Crippen molar-refractivity contribution in [1.29, 1.82) is 0 Å². The Morgan fingerprint density at radius 3 is 2.82 bits per heavy atom. The summed E-state index contributed by atoms with van der Waals surface area (Å²) in [5.41, 5.74) is 2.09. The van der Waals surface area contributed by atoms with E-state index < -0.39 is 22.8 Å². The molecule has 0 aliphatic rings. The lowest BCUT2D eigenvalue weighted by molar-refractivity contribution is -0.134. The first kappa shape index (κ1) is 13.4. The summed E-state index contributed by atoms with van der Waals surface area (Å²) < 4.78 is 30.2. The summed E-state index contributed by atoms with van der Waals surface area (Å²) >= 11 is 5.46. The van der Waals surface area contributed by atoms with Gasteiger partial charge in [0.25, 0.3) is 0 Å². The van der Waals surface area contributed by atoms with Gasteiger partial charge in [-0.1, -0.05) is 11.6 Å². The number of benzene rings is 1. The van der Waals surface area contributed by atoms with Gasteiger partial charge in [-0.2, -0.15) is 5.10 Å². The molecule has 0 unspecified atom stereocenters. The van der Waals surface area contributed by atoms with Crippen molar-refractivity contribution < 1.29 is 18.3 Å². The van der Waals surface area contributed by atoms with Crippen molar-refractivity contribution in [2.45, 2.75) is 6.92 Å². The molecule has 0 radical (unpaired) electrons. The van der Waals surface area contributed by atoms with Crippen LogP contribution in [-0.4, -0.2) is 17.7 Å². The average molecular weight is 263 g/mol. The van der Waals surface area contributed by atoms with Crippen molar-refractivity contribution in [2.75, 3.05) is 12.0 Å². The first-order valence-electron chi connectivity index (χ1n) is 4.66. The fourth-order valence-corrected chi connectivity index (χ4v) is 1.02. The molecule has 0 spiro atoms. The van der Waals surface area contributed by atoms with E-state index in [0.29, 0.717) is 6.07 Å². The van der Waals surface area contributed by atoms with Crippen molar-refractivity contribution in [1.82, 2.24) is 0 Å². The standard InChI is InChI=1S/C10H9ClF2N2O2/c1-2-17-10(16)9(11)15-14-8-4-3-6(12)5-7(8)13/h3-5,14H,2H2,1H3/b15-9+. The maximum atomic E-state index is 13.1. The highest BCUT2D eigenvalue weighted by Gasteiger charge is 2.09. The van der Waals surface area contributed by atoms with Crippen molar-refractivity contribution in [2.24, 2.45) is 5.10 Å². The Morgan fingerprint density at radius 1 is 1.53 bits per heavy atom. The van der Waals surface area contributed by atoms with Crippen molar-refractivity contribution in [3.8, 4) is 0 Å². The van der Waals surface area contributed by atoms with E-state index >= 15 is 0 Å². The smallest absolute Gasteiger partial charge is 0.370 e. The van der Waals surface area contributed by atoms with Crippen LogP contribution in [0.4, 0.5) is 14.5 Å². The summed E-state index contributed by atoms with van der Waals surface area (Å²) in [4.78, 5) is 11.0. The van der Waals surface area contributed by atoms with Crippen molar-refractivity contribution in [3.63, 3.8) is 0 Å². The van der Waals surface area contributed by atoms with E-state index in [9.17, 15) is 13.6 Å². The first-order chi connectivity index (χ1) is 8.04. The van der Waals surface area contributed by atoms with Gasteiger partial charge in [-0.25, -0.2) is 13.6 Å². The first-order valence-corrected chi connectivity index (χ1v) is 5.03. The molecule has 0 fully saturated rings. The highest BCUT2D eigenvalue weighted by molar-refractivity contribution is 6.82. The highest BCUT2D eigenvalue weighted by Crippen LogP contribution is 2.14. The van der Waals surface area contributed by atoms with E-state index in [0.717, 1.165) is 12.1 Å². The topological polar surface area (TPSA) is 50.7 Å². The van der Waals surface area contributed by atoms with E-state index in [-0.39, 0.29) is 12.3 Å². The maximum absolute atomic E-state index is 13.1. The van der Waals surface area contributed by atoms with Crippen molar-refractivity contribution in [3.05, 3.63) is 29.8 Å². The quantitative estimate of drug-likeness (QED) is 0.515. The molecule has 0 aromatic heterocycles. The van der Waals surface area contributed by atoms with Gasteiger partial charge in [-0.15, -0.1) is 0 Å². The van der Waals surface area contributed by atoms with Crippen LogP contribution in [0.2, 0.25) is 0 Å². The SMILES string of the molecule is CCOC(=O)/C(Cl)=N\Nc1ccc(F)cc1F. The minimum Gasteiger partial charge on any atom is -0.461 e. The van der Waals surface area contributed by atoms with Crippen LogP contribution < -0.4 is 5.43 Å². The molecule has 1 rings (SSSR count). The molecule has 0 aliphatic heterocycles. The summed E-state index contributed by atoms with van der Waals surface area (Å²) in [6.45, 7) is 1.75. The predicted molar refractivity (Wildman–Crippen MR) is 59.9 cm³/mol. The number of hydrazone groups is 1. The van der Waals surface area contributed by atoms with Crippen LogP contribution in [0.1, 0.15) is 6.92 Å². The van der Waals surface area contributed by atoms with E-state index in [2.05, 4.69) is 15.3 Å². The normalized spacial score (nSPS) is 11.2. The number of hydrogen-bond donors (Lipinski definition) is 1. The second kappa shape index (κ2) is 6.15. The lowest BCUT2D eigenvalue weighted by atomic mass is 10.3. The number of anilines is 1. The molecule has 4 nitrogen and oxygen atoms in total. The second-order valence-electron chi connectivity index (χ2n) is 2.86. The molecule has 0 atom stereocenters. The van der Waals surface area contributed by atoms with Gasteiger partial charge in [-0.3, -0.25) is 5.43 Å². The molecule has 1 N–H and O–H groups in total. The van der Waals surface area contributed by atoms with Crippen LogP contribution in [0.15, 0.2) is 23.3 Å². The minimum atomic E-state index is -0.845. The third kappa shape index (κ3) is 3.99. The van der Waals surface area contributed by atoms with Crippen molar-refractivity contribution >= 4 is 28.4 Å². The van der Waals surface area contributed by atoms with Crippen LogP contribution in [0, 0.1) is 11.6 Å². The number of nitrogens with one attached hydrogen (secondary N) is 1. The number of carbonyl (C=O) groups excluding carboxylic acids is 1. The summed E-state index contributed by atoms with van der Waals surface area (Å²) in [6.07, 6.45) is 0. The van der Waals surface area contributed by atoms with Gasteiger partial charge in [0.1, 0.15) is 5.82 Å². The maximum Gasteiger partial charge on any atom is 0.370 e. The molecule has 0 aliphatic carbocycles. The molecule has 1 aromatic carbocycles. The van der Waals surface area contributed by atoms with Gasteiger partial charge in [0.2, 0.25) is 5.17 Å². The number of ether oxygens (including phenoxy) is 1. The number of carbonyl (C=O) groups is 1. The van der Waals surface area contributed by atoms with E-state index in [4.69, 9.17) is 11.6 Å². The summed E-state index contributed by atoms with van der Waals surface area (Å²) in [5.74, 6) is -2.39. The van der Waals surface area contributed by atoms with Crippen LogP contribution in [0.5, 0.6) is 0 Å². The van der Waals surface area contributed by atoms with E-state index in [1.54, 1.807) is 6.92 Å². The Morgan fingerprint density at radius 2 is 2.24 bits per heavy atom. The molecular weight excluding hydrogens is 254 g/mol. The molecule has 0 amide bonds. The minimum absolute atomic E-state index is 0.103.